The molecule has 160 valence electrons. The molecule has 1 amide bonds. The summed E-state index contributed by atoms with van der Waals surface area (Å²) >= 11 is 0. The summed E-state index contributed by atoms with van der Waals surface area (Å²) in [6.07, 6.45) is -0.0219. The number of para-hydroxylation sites is 1. The van der Waals surface area contributed by atoms with Crippen molar-refractivity contribution in [3.8, 4) is 23.0 Å². The molecule has 0 bridgehead atoms. The topological polar surface area (TPSA) is 83.1 Å². The Morgan fingerprint density at radius 2 is 1.48 bits per heavy atom. The van der Waals surface area contributed by atoms with E-state index in [-0.39, 0.29) is 13.0 Å². The third kappa shape index (κ3) is 6.50. The van der Waals surface area contributed by atoms with Gasteiger partial charge in [0, 0.05) is 17.3 Å². The van der Waals surface area contributed by atoms with E-state index in [1.54, 1.807) is 49.6 Å². The lowest BCUT2D eigenvalue weighted by Gasteiger charge is -2.11. The summed E-state index contributed by atoms with van der Waals surface area (Å²) in [7, 11) is 3.05. The summed E-state index contributed by atoms with van der Waals surface area (Å²) in [4.78, 5) is 24.2. The molecule has 0 aliphatic heterocycles. The van der Waals surface area contributed by atoms with Crippen LogP contribution in [0, 0.1) is 0 Å². The van der Waals surface area contributed by atoms with E-state index in [0.717, 1.165) is 5.75 Å². The lowest BCUT2D eigenvalue weighted by molar-refractivity contribution is -0.146. The Morgan fingerprint density at radius 3 is 2.16 bits per heavy atom. The van der Waals surface area contributed by atoms with Crippen LogP contribution in [0.25, 0.3) is 0 Å². The molecule has 0 saturated heterocycles. The molecule has 0 aliphatic carbocycles. The molecule has 0 radical (unpaired) electrons. The van der Waals surface area contributed by atoms with E-state index in [2.05, 4.69) is 5.32 Å². The van der Waals surface area contributed by atoms with Gasteiger partial charge < -0.3 is 24.3 Å². The van der Waals surface area contributed by atoms with Gasteiger partial charge in [-0.25, -0.2) is 0 Å². The number of rotatable bonds is 9. The van der Waals surface area contributed by atoms with Crippen molar-refractivity contribution in [1.82, 2.24) is 0 Å². The van der Waals surface area contributed by atoms with Crippen LogP contribution in [0.5, 0.6) is 23.0 Å². The predicted octanol–water partition coefficient (Wildman–Crippen LogP) is 4.22. The fraction of sp³-hybridized carbons (Fsp3) is 0.167. The number of anilines is 1. The standard InChI is InChI=1S/C24H23NO6/c1-28-21-11-8-17(22(15-21)29-2)14-24(27)30-16-23(26)25-18-9-12-20(13-10-18)31-19-6-4-3-5-7-19/h3-13,15H,14,16H2,1-2H3,(H,25,26). The summed E-state index contributed by atoms with van der Waals surface area (Å²) in [5, 5.41) is 2.68. The molecule has 1 N–H and O–H groups in total. The van der Waals surface area contributed by atoms with E-state index >= 15 is 0 Å². The highest BCUT2D eigenvalue weighted by atomic mass is 16.5. The second kappa shape index (κ2) is 10.7. The molecule has 0 unspecified atom stereocenters. The molecule has 0 heterocycles. The molecule has 7 nitrogen and oxygen atoms in total. The Hall–Kier alpha value is -4.00. The molecular weight excluding hydrogens is 398 g/mol. The van der Waals surface area contributed by atoms with E-state index in [4.69, 9.17) is 18.9 Å². The number of hydrogen-bond acceptors (Lipinski definition) is 6. The zero-order valence-corrected chi connectivity index (χ0v) is 17.3. The van der Waals surface area contributed by atoms with Gasteiger partial charge in [0.15, 0.2) is 6.61 Å². The van der Waals surface area contributed by atoms with Crippen molar-refractivity contribution >= 4 is 17.6 Å². The number of carbonyl (C=O) groups excluding carboxylic acids is 2. The maximum atomic E-state index is 12.1. The first-order valence-corrected chi connectivity index (χ1v) is 9.56. The minimum absolute atomic E-state index is 0.0219. The van der Waals surface area contributed by atoms with Crippen LogP contribution in [0.3, 0.4) is 0 Å². The Labute approximate surface area is 180 Å². The van der Waals surface area contributed by atoms with Gasteiger partial charge in [0.05, 0.1) is 20.6 Å². The van der Waals surface area contributed by atoms with E-state index in [9.17, 15) is 9.59 Å². The van der Waals surface area contributed by atoms with Crippen LogP contribution < -0.4 is 19.5 Å². The van der Waals surface area contributed by atoms with Crippen LogP contribution in [-0.4, -0.2) is 32.7 Å². The van der Waals surface area contributed by atoms with E-state index in [1.165, 1.54) is 7.11 Å². The van der Waals surface area contributed by atoms with Crippen molar-refractivity contribution in [3.05, 3.63) is 78.4 Å². The lowest BCUT2D eigenvalue weighted by atomic mass is 10.1. The second-order valence-corrected chi connectivity index (χ2v) is 6.50. The van der Waals surface area contributed by atoms with Crippen LogP contribution in [0.2, 0.25) is 0 Å². The smallest absolute Gasteiger partial charge is 0.310 e. The summed E-state index contributed by atoms with van der Waals surface area (Å²) in [5.41, 5.74) is 1.21. The van der Waals surface area contributed by atoms with Gasteiger partial charge in [-0.1, -0.05) is 24.3 Å². The van der Waals surface area contributed by atoms with Crippen molar-refractivity contribution in [2.45, 2.75) is 6.42 Å². The number of ether oxygens (including phenoxy) is 4. The molecule has 31 heavy (non-hydrogen) atoms. The molecular formula is C24H23NO6. The molecule has 0 atom stereocenters. The van der Waals surface area contributed by atoms with Gasteiger partial charge in [0.2, 0.25) is 0 Å². The number of esters is 1. The Kier molecular flexibility index (Phi) is 7.48. The average Bonchev–Trinajstić information content (AvgIpc) is 2.80. The largest absolute Gasteiger partial charge is 0.497 e. The summed E-state index contributed by atoms with van der Waals surface area (Å²) < 4.78 is 21.2. The van der Waals surface area contributed by atoms with Crippen LogP contribution >= 0.6 is 0 Å². The number of amides is 1. The van der Waals surface area contributed by atoms with Gasteiger partial charge in [-0.2, -0.15) is 0 Å². The minimum atomic E-state index is -0.537. The first-order valence-electron chi connectivity index (χ1n) is 9.56. The van der Waals surface area contributed by atoms with Crippen LogP contribution in [-0.2, 0) is 20.7 Å². The molecule has 7 heteroatoms. The van der Waals surface area contributed by atoms with Gasteiger partial charge in [0.25, 0.3) is 5.91 Å². The average molecular weight is 421 g/mol. The van der Waals surface area contributed by atoms with Crippen LogP contribution in [0.4, 0.5) is 5.69 Å². The quantitative estimate of drug-likeness (QED) is 0.521. The number of carbonyl (C=O) groups is 2. The number of hydrogen-bond donors (Lipinski definition) is 1. The number of methoxy groups -OCH3 is 2. The fourth-order valence-electron chi connectivity index (χ4n) is 2.78. The summed E-state index contributed by atoms with van der Waals surface area (Å²) in [6.45, 7) is -0.389. The van der Waals surface area contributed by atoms with Crippen molar-refractivity contribution in [2.24, 2.45) is 0 Å². The molecule has 0 spiro atoms. The highest BCUT2D eigenvalue weighted by Gasteiger charge is 2.13. The highest BCUT2D eigenvalue weighted by Crippen LogP contribution is 2.25. The Balaban J connectivity index is 1.47. The van der Waals surface area contributed by atoms with E-state index < -0.39 is 11.9 Å². The zero-order valence-electron chi connectivity index (χ0n) is 17.3. The Bertz CT molecular complexity index is 1020. The van der Waals surface area contributed by atoms with Crippen molar-refractivity contribution in [3.63, 3.8) is 0 Å². The number of benzene rings is 3. The van der Waals surface area contributed by atoms with Crippen molar-refractivity contribution in [2.75, 3.05) is 26.1 Å². The minimum Gasteiger partial charge on any atom is -0.497 e. The van der Waals surface area contributed by atoms with Gasteiger partial charge in [0.1, 0.15) is 23.0 Å². The first-order chi connectivity index (χ1) is 15.1. The number of nitrogens with one attached hydrogen (secondary N) is 1. The van der Waals surface area contributed by atoms with E-state index in [1.807, 2.05) is 30.3 Å². The third-order valence-corrected chi connectivity index (χ3v) is 4.31. The maximum absolute atomic E-state index is 12.1. The molecule has 3 rings (SSSR count). The summed E-state index contributed by atoms with van der Waals surface area (Å²) in [5.74, 6) is 1.52. The molecule has 0 aliphatic rings. The normalized spacial score (nSPS) is 10.1. The molecule has 0 saturated carbocycles. The predicted molar refractivity (Wildman–Crippen MR) is 116 cm³/mol. The molecule has 3 aromatic carbocycles. The lowest BCUT2D eigenvalue weighted by Crippen LogP contribution is -2.21. The Morgan fingerprint density at radius 1 is 0.806 bits per heavy atom. The van der Waals surface area contributed by atoms with Crippen LogP contribution in [0.15, 0.2) is 72.8 Å². The van der Waals surface area contributed by atoms with Gasteiger partial charge >= 0.3 is 5.97 Å². The van der Waals surface area contributed by atoms with Gasteiger partial charge in [-0.05, 0) is 42.5 Å². The fourth-order valence-corrected chi connectivity index (χ4v) is 2.78. The first kappa shape index (κ1) is 21.7. The van der Waals surface area contributed by atoms with Crippen LogP contribution in [0.1, 0.15) is 5.56 Å². The van der Waals surface area contributed by atoms with Crippen molar-refractivity contribution in [1.29, 1.82) is 0 Å². The molecule has 0 fully saturated rings. The van der Waals surface area contributed by atoms with Crippen molar-refractivity contribution < 1.29 is 28.5 Å². The third-order valence-electron chi connectivity index (χ3n) is 4.31. The highest BCUT2D eigenvalue weighted by molar-refractivity contribution is 5.93. The second-order valence-electron chi connectivity index (χ2n) is 6.50. The maximum Gasteiger partial charge on any atom is 0.310 e. The van der Waals surface area contributed by atoms with Gasteiger partial charge in [-0.15, -0.1) is 0 Å². The molecule has 0 aromatic heterocycles. The van der Waals surface area contributed by atoms with E-state index in [0.29, 0.717) is 28.5 Å². The van der Waals surface area contributed by atoms with Gasteiger partial charge in [-0.3, -0.25) is 9.59 Å². The SMILES string of the molecule is COc1ccc(CC(=O)OCC(=O)Nc2ccc(Oc3ccccc3)cc2)c(OC)c1. The monoisotopic (exact) mass is 421 g/mol. The summed E-state index contributed by atoms with van der Waals surface area (Å²) in [6, 6.07) is 21.4. The molecule has 3 aromatic rings. The zero-order chi connectivity index (χ0) is 22.1.